The van der Waals surface area contributed by atoms with Gasteiger partial charge < -0.3 is 15.2 Å². The number of phenolic OH excluding ortho intramolecular Hbond substituents is 1. The van der Waals surface area contributed by atoms with E-state index in [0.717, 1.165) is 36.1 Å². The van der Waals surface area contributed by atoms with Gasteiger partial charge in [-0.05, 0) is 24.1 Å². The lowest BCUT2D eigenvalue weighted by atomic mass is 10.0. The Morgan fingerprint density at radius 1 is 1.28 bits per heavy atom. The lowest BCUT2D eigenvalue weighted by molar-refractivity contribution is -0.129. The average molecular weight is 347 g/mol. The summed E-state index contributed by atoms with van der Waals surface area (Å²) in [4.78, 5) is 25.1. The number of alkyl carbamates (subject to hydrolysis) is 1. The fourth-order valence-electron chi connectivity index (χ4n) is 2.23. The van der Waals surface area contributed by atoms with Crippen LogP contribution in [0.25, 0.3) is 0 Å². The summed E-state index contributed by atoms with van der Waals surface area (Å²) in [6.07, 6.45) is 5.17. The molecular weight excluding hydrogens is 322 g/mol. The van der Waals surface area contributed by atoms with Crippen LogP contribution in [-0.4, -0.2) is 41.7 Å². The van der Waals surface area contributed by atoms with Crippen LogP contribution in [0.15, 0.2) is 24.3 Å². The Morgan fingerprint density at radius 3 is 2.56 bits per heavy atom. The summed E-state index contributed by atoms with van der Waals surface area (Å²) in [5.74, 6) is -0.418. The van der Waals surface area contributed by atoms with Crippen LogP contribution >= 0.6 is 0 Å². The zero-order valence-corrected chi connectivity index (χ0v) is 14.7. The minimum Gasteiger partial charge on any atom is -0.508 e. The summed E-state index contributed by atoms with van der Waals surface area (Å²) < 4.78 is 5.10. The molecule has 1 unspecified atom stereocenters. The zero-order valence-electron chi connectivity index (χ0n) is 14.7. The Kier molecular flexibility index (Phi) is 8.86. The van der Waals surface area contributed by atoms with Crippen molar-refractivity contribution in [2.75, 3.05) is 13.7 Å². The van der Waals surface area contributed by atoms with Crippen molar-refractivity contribution in [3.05, 3.63) is 29.8 Å². The largest absolute Gasteiger partial charge is 0.508 e. The molecule has 1 aromatic carbocycles. The van der Waals surface area contributed by atoms with Crippen molar-refractivity contribution in [1.29, 1.82) is 5.26 Å². The summed E-state index contributed by atoms with van der Waals surface area (Å²) in [5, 5.41) is 20.7. The topological polar surface area (TPSA) is 103 Å². The van der Waals surface area contributed by atoms with Crippen LogP contribution < -0.4 is 5.32 Å². The van der Waals surface area contributed by atoms with Crippen LogP contribution in [0, 0.1) is 11.5 Å². The van der Waals surface area contributed by atoms with Gasteiger partial charge in [-0.15, -0.1) is 0 Å². The number of hydrogen-bond acceptors (Lipinski definition) is 5. The highest BCUT2D eigenvalue weighted by atomic mass is 16.5. The van der Waals surface area contributed by atoms with E-state index in [1.807, 2.05) is 0 Å². The van der Waals surface area contributed by atoms with Gasteiger partial charge in [-0.1, -0.05) is 38.3 Å². The molecule has 0 fully saturated rings. The van der Waals surface area contributed by atoms with E-state index >= 15 is 0 Å². The smallest absolute Gasteiger partial charge is 0.407 e. The molecule has 0 aliphatic rings. The molecule has 1 rings (SSSR count). The SMILES string of the molecule is CCCCCCOC(=O)NC(Cc1ccc(O)cc1)C(=O)N(C)C#N. The first-order valence-corrected chi connectivity index (χ1v) is 8.36. The summed E-state index contributed by atoms with van der Waals surface area (Å²) in [7, 11) is 1.34. The van der Waals surface area contributed by atoms with Crippen LogP contribution in [-0.2, 0) is 16.0 Å². The molecule has 1 aromatic rings. The van der Waals surface area contributed by atoms with Crippen LogP contribution in [0.3, 0.4) is 0 Å². The molecule has 7 nitrogen and oxygen atoms in total. The predicted molar refractivity (Wildman–Crippen MR) is 92.6 cm³/mol. The first-order valence-electron chi connectivity index (χ1n) is 8.36. The molecule has 0 heterocycles. The summed E-state index contributed by atoms with van der Waals surface area (Å²) in [6, 6.07) is 5.38. The molecule has 2 N–H and O–H groups in total. The highest BCUT2D eigenvalue weighted by Crippen LogP contribution is 2.12. The molecule has 0 aliphatic carbocycles. The van der Waals surface area contributed by atoms with Crippen molar-refractivity contribution < 1.29 is 19.4 Å². The number of ether oxygens (including phenoxy) is 1. The third kappa shape index (κ3) is 7.57. The molecule has 0 aromatic heterocycles. The lowest BCUT2D eigenvalue weighted by Crippen LogP contribution is -2.47. The van der Waals surface area contributed by atoms with Gasteiger partial charge in [0.05, 0.1) is 6.61 Å². The van der Waals surface area contributed by atoms with Gasteiger partial charge in [-0.25, -0.2) is 4.79 Å². The van der Waals surface area contributed by atoms with Crippen LogP contribution in [0.5, 0.6) is 5.75 Å². The molecule has 0 radical (unpaired) electrons. The average Bonchev–Trinajstić information content (AvgIpc) is 2.61. The van der Waals surface area contributed by atoms with E-state index in [1.54, 1.807) is 18.3 Å². The maximum absolute atomic E-state index is 12.3. The third-order valence-corrected chi connectivity index (χ3v) is 3.68. The highest BCUT2D eigenvalue weighted by molar-refractivity contribution is 5.86. The molecule has 0 saturated carbocycles. The summed E-state index contributed by atoms with van der Waals surface area (Å²) in [6.45, 7) is 2.39. The Bertz CT molecular complexity index is 595. The van der Waals surface area contributed by atoms with Crippen molar-refractivity contribution in [3.63, 3.8) is 0 Å². The zero-order chi connectivity index (χ0) is 18.7. The molecule has 0 bridgehead atoms. The van der Waals surface area contributed by atoms with Crippen molar-refractivity contribution in [3.8, 4) is 11.9 Å². The lowest BCUT2D eigenvalue weighted by Gasteiger charge is -2.20. The van der Waals surface area contributed by atoms with Gasteiger partial charge in [-0.3, -0.25) is 9.69 Å². The normalized spacial score (nSPS) is 11.2. The second kappa shape index (κ2) is 10.9. The molecular formula is C18H25N3O4. The van der Waals surface area contributed by atoms with Gasteiger partial charge >= 0.3 is 6.09 Å². The standard InChI is InChI=1S/C18H25N3O4/c1-3-4-5-6-11-25-18(24)20-16(17(23)21(2)13-19)12-14-7-9-15(22)10-8-14/h7-10,16,22H,3-6,11-12H2,1-2H3,(H,20,24). The van der Waals surface area contributed by atoms with E-state index in [4.69, 9.17) is 10.00 Å². The van der Waals surface area contributed by atoms with E-state index < -0.39 is 18.0 Å². The minimum atomic E-state index is -0.919. The number of carbonyl (C=O) groups is 2. The monoisotopic (exact) mass is 347 g/mol. The first kappa shape index (κ1) is 20.3. The fraction of sp³-hybridized carbons (Fsp3) is 0.500. The Hall–Kier alpha value is -2.75. The van der Waals surface area contributed by atoms with E-state index in [9.17, 15) is 14.7 Å². The maximum atomic E-state index is 12.3. The van der Waals surface area contributed by atoms with Crippen LogP contribution in [0.4, 0.5) is 4.79 Å². The highest BCUT2D eigenvalue weighted by Gasteiger charge is 2.25. The Morgan fingerprint density at radius 2 is 1.96 bits per heavy atom. The number of hydrogen-bond donors (Lipinski definition) is 2. The minimum absolute atomic E-state index is 0.111. The van der Waals surface area contributed by atoms with Crippen molar-refractivity contribution in [1.82, 2.24) is 10.2 Å². The molecule has 7 heteroatoms. The molecule has 0 aliphatic heterocycles. The Labute approximate surface area is 148 Å². The number of amides is 2. The van der Waals surface area contributed by atoms with Crippen molar-refractivity contribution in [2.24, 2.45) is 0 Å². The van der Waals surface area contributed by atoms with Gasteiger partial charge in [0.1, 0.15) is 11.8 Å². The van der Waals surface area contributed by atoms with E-state index in [-0.39, 0.29) is 12.2 Å². The number of rotatable bonds is 9. The number of carbonyl (C=O) groups excluding carboxylic acids is 2. The van der Waals surface area contributed by atoms with E-state index in [1.165, 1.54) is 19.2 Å². The number of nitrogens with one attached hydrogen (secondary N) is 1. The number of unbranched alkanes of at least 4 members (excludes halogenated alkanes) is 3. The number of aromatic hydroxyl groups is 1. The fourth-order valence-corrected chi connectivity index (χ4v) is 2.23. The molecule has 0 spiro atoms. The molecule has 1 atom stereocenters. The van der Waals surface area contributed by atoms with Gasteiger partial charge in [0.2, 0.25) is 0 Å². The quantitative estimate of drug-likeness (QED) is 0.406. The van der Waals surface area contributed by atoms with Crippen molar-refractivity contribution >= 4 is 12.0 Å². The number of nitriles is 1. The second-order valence-electron chi connectivity index (χ2n) is 5.76. The van der Waals surface area contributed by atoms with E-state index in [0.29, 0.717) is 6.61 Å². The molecule has 2 amide bonds. The number of nitrogens with zero attached hydrogens (tertiary/aromatic N) is 2. The van der Waals surface area contributed by atoms with Crippen LogP contribution in [0.1, 0.15) is 38.2 Å². The molecule has 0 saturated heterocycles. The number of phenols is 1. The Balaban J connectivity index is 2.65. The predicted octanol–water partition coefficient (Wildman–Crippen LogP) is 2.55. The first-order chi connectivity index (χ1) is 12.0. The van der Waals surface area contributed by atoms with Gasteiger partial charge in [0, 0.05) is 13.5 Å². The number of benzene rings is 1. The molecule has 136 valence electrons. The van der Waals surface area contributed by atoms with Gasteiger partial charge in [0.25, 0.3) is 5.91 Å². The summed E-state index contributed by atoms with van der Waals surface area (Å²) in [5.41, 5.74) is 0.741. The second-order valence-corrected chi connectivity index (χ2v) is 5.76. The van der Waals surface area contributed by atoms with Gasteiger partial charge in [0.15, 0.2) is 6.19 Å². The molecule has 25 heavy (non-hydrogen) atoms. The van der Waals surface area contributed by atoms with E-state index in [2.05, 4.69) is 12.2 Å². The maximum Gasteiger partial charge on any atom is 0.407 e. The van der Waals surface area contributed by atoms with Gasteiger partial charge in [-0.2, -0.15) is 5.26 Å². The third-order valence-electron chi connectivity index (χ3n) is 3.68. The van der Waals surface area contributed by atoms with Crippen LogP contribution in [0.2, 0.25) is 0 Å². The van der Waals surface area contributed by atoms with Crippen molar-refractivity contribution in [2.45, 2.75) is 45.1 Å². The summed E-state index contributed by atoms with van der Waals surface area (Å²) >= 11 is 0. The number of likely N-dealkylation sites (N-methyl/N-ethyl adjacent to an activating group) is 1.